The van der Waals surface area contributed by atoms with Gasteiger partial charge in [-0.05, 0) is 25.7 Å². The Kier molecular flexibility index (Phi) is 5.23. The van der Waals surface area contributed by atoms with Gasteiger partial charge in [0.05, 0.1) is 17.0 Å². The van der Waals surface area contributed by atoms with Crippen molar-refractivity contribution in [3.05, 3.63) is 5.69 Å². The second-order valence-electron chi connectivity index (χ2n) is 6.03. The van der Waals surface area contributed by atoms with Crippen molar-refractivity contribution in [1.29, 1.82) is 0 Å². The Morgan fingerprint density at radius 1 is 1.47 bits per heavy atom. The van der Waals surface area contributed by atoms with Crippen LogP contribution in [0.4, 0.5) is 11.5 Å². The van der Waals surface area contributed by atoms with E-state index in [2.05, 4.69) is 31.2 Å². The van der Waals surface area contributed by atoms with Gasteiger partial charge in [-0.15, -0.1) is 0 Å². The zero-order chi connectivity index (χ0) is 14.6. The zero-order valence-electron chi connectivity index (χ0n) is 12.8. The van der Waals surface area contributed by atoms with Crippen LogP contribution >= 0.6 is 0 Å². The van der Waals surface area contributed by atoms with E-state index in [0.717, 1.165) is 30.8 Å². The topological polar surface area (TPSA) is 76.1 Å². The smallest absolute Gasteiger partial charge is 0.147 e. The maximum atomic E-state index is 10.3. The van der Waals surface area contributed by atoms with Gasteiger partial charge in [0.25, 0.3) is 0 Å². The molecule has 0 aliphatic heterocycles. The first kappa shape index (κ1) is 15.8. The number of aliphatic hydroxyl groups is 1. The van der Waals surface area contributed by atoms with E-state index in [1.807, 2.05) is 14.0 Å². The molecule has 1 aromatic heterocycles. The predicted molar refractivity (Wildman–Crippen MR) is 80.2 cm³/mol. The molecule has 0 fully saturated rings. The predicted octanol–water partition coefficient (Wildman–Crippen LogP) is 2.16. The fourth-order valence-electron chi connectivity index (χ4n) is 2.45. The molecule has 0 aromatic carbocycles. The van der Waals surface area contributed by atoms with Gasteiger partial charge in [0.1, 0.15) is 5.82 Å². The van der Waals surface area contributed by atoms with Crippen molar-refractivity contribution in [3.63, 3.8) is 0 Å². The molecule has 1 unspecified atom stereocenters. The number of nitrogens with two attached hydrogens (primary N) is 1. The van der Waals surface area contributed by atoms with Gasteiger partial charge in [0, 0.05) is 13.6 Å². The van der Waals surface area contributed by atoms with Crippen LogP contribution < -0.4 is 11.1 Å². The Hall–Kier alpha value is -1.23. The number of hydrogen-bond donors (Lipinski definition) is 3. The average Bonchev–Trinajstić information content (AvgIpc) is 2.51. The van der Waals surface area contributed by atoms with Gasteiger partial charge in [-0.25, -0.2) is 0 Å². The van der Waals surface area contributed by atoms with Crippen molar-refractivity contribution < 1.29 is 5.11 Å². The largest absolute Gasteiger partial charge is 0.394 e. The Balaban J connectivity index is 2.72. The summed E-state index contributed by atoms with van der Waals surface area (Å²) >= 11 is 0. The van der Waals surface area contributed by atoms with Crippen LogP contribution in [0.25, 0.3) is 0 Å². The third-order valence-corrected chi connectivity index (χ3v) is 3.13. The highest BCUT2D eigenvalue weighted by atomic mass is 16.3. The van der Waals surface area contributed by atoms with E-state index in [1.54, 1.807) is 4.68 Å². The second kappa shape index (κ2) is 6.28. The molecule has 1 aromatic rings. The van der Waals surface area contributed by atoms with Gasteiger partial charge >= 0.3 is 0 Å². The number of nitrogens with one attached hydrogen (secondary N) is 1. The molecular weight excluding hydrogens is 240 g/mol. The van der Waals surface area contributed by atoms with Crippen molar-refractivity contribution in [2.75, 3.05) is 17.6 Å². The Morgan fingerprint density at radius 3 is 2.63 bits per heavy atom. The van der Waals surface area contributed by atoms with Crippen LogP contribution in [-0.4, -0.2) is 27.0 Å². The van der Waals surface area contributed by atoms with Crippen molar-refractivity contribution in [1.82, 2.24) is 9.78 Å². The average molecular weight is 268 g/mol. The van der Waals surface area contributed by atoms with Crippen molar-refractivity contribution in [2.45, 2.75) is 52.6 Å². The number of nitrogens with zero attached hydrogens (tertiary/aromatic N) is 2. The molecule has 4 N–H and O–H groups in total. The molecule has 0 radical (unpaired) electrons. The van der Waals surface area contributed by atoms with Crippen LogP contribution in [0.15, 0.2) is 0 Å². The maximum absolute atomic E-state index is 10.3. The minimum atomic E-state index is -0.740. The van der Waals surface area contributed by atoms with E-state index in [-0.39, 0.29) is 0 Å². The third-order valence-electron chi connectivity index (χ3n) is 3.13. The molecule has 0 saturated carbocycles. The SMILES string of the molecule is CCCc1nn(C)c(NCC(C)(O)CC(C)C)c1N. The lowest BCUT2D eigenvalue weighted by Crippen LogP contribution is -2.35. The summed E-state index contributed by atoms with van der Waals surface area (Å²) in [4.78, 5) is 0. The Bertz CT molecular complexity index is 410. The van der Waals surface area contributed by atoms with Gasteiger partial charge in [-0.3, -0.25) is 4.68 Å². The molecule has 19 heavy (non-hydrogen) atoms. The van der Waals surface area contributed by atoms with Crippen LogP contribution in [0.5, 0.6) is 0 Å². The van der Waals surface area contributed by atoms with E-state index in [0.29, 0.717) is 18.2 Å². The number of anilines is 2. The minimum Gasteiger partial charge on any atom is -0.394 e. The third kappa shape index (κ3) is 4.42. The lowest BCUT2D eigenvalue weighted by atomic mass is 9.94. The second-order valence-corrected chi connectivity index (χ2v) is 6.03. The van der Waals surface area contributed by atoms with Crippen LogP contribution in [0.1, 0.15) is 46.2 Å². The van der Waals surface area contributed by atoms with E-state index >= 15 is 0 Å². The first-order chi connectivity index (χ1) is 8.76. The molecule has 5 heteroatoms. The molecule has 0 saturated heterocycles. The van der Waals surface area contributed by atoms with Crippen LogP contribution in [-0.2, 0) is 13.5 Å². The molecule has 1 atom stereocenters. The van der Waals surface area contributed by atoms with Gasteiger partial charge in [0.2, 0.25) is 0 Å². The highest BCUT2D eigenvalue weighted by Crippen LogP contribution is 2.24. The summed E-state index contributed by atoms with van der Waals surface area (Å²) in [5.74, 6) is 1.25. The van der Waals surface area contributed by atoms with Crippen molar-refractivity contribution >= 4 is 11.5 Å². The lowest BCUT2D eigenvalue weighted by molar-refractivity contribution is 0.0514. The molecule has 0 amide bonds. The number of hydrogen-bond acceptors (Lipinski definition) is 4. The highest BCUT2D eigenvalue weighted by molar-refractivity contribution is 5.65. The monoisotopic (exact) mass is 268 g/mol. The van der Waals surface area contributed by atoms with Crippen molar-refractivity contribution in [2.24, 2.45) is 13.0 Å². The summed E-state index contributed by atoms with van der Waals surface area (Å²) in [6.07, 6.45) is 2.65. The van der Waals surface area contributed by atoms with E-state index < -0.39 is 5.60 Å². The first-order valence-corrected chi connectivity index (χ1v) is 7.04. The first-order valence-electron chi connectivity index (χ1n) is 7.04. The molecule has 1 heterocycles. The molecule has 0 spiro atoms. The molecular formula is C14H28N4O. The maximum Gasteiger partial charge on any atom is 0.147 e. The van der Waals surface area contributed by atoms with Gasteiger partial charge < -0.3 is 16.2 Å². The number of rotatable bonds is 7. The summed E-state index contributed by atoms with van der Waals surface area (Å²) in [5.41, 5.74) is 6.98. The van der Waals surface area contributed by atoms with Gasteiger partial charge in [-0.1, -0.05) is 27.2 Å². The Labute approximate surface area is 116 Å². The van der Waals surface area contributed by atoms with Crippen molar-refractivity contribution in [3.8, 4) is 0 Å². The number of aryl methyl sites for hydroxylation is 2. The summed E-state index contributed by atoms with van der Waals surface area (Å²) < 4.78 is 1.76. The highest BCUT2D eigenvalue weighted by Gasteiger charge is 2.23. The standard InChI is InChI=1S/C14H28N4O/c1-6-7-11-12(15)13(18(5)17-11)16-9-14(4,19)8-10(2)3/h10,16,19H,6-9,15H2,1-5H3. The van der Waals surface area contributed by atoms with Gasteiger partial charge in [-0.2, -0.15) is 5.10 Å². The molecule has 0 aliphatic rings. The van der Waals surface area contributed by atoms with E-state index in [4.69, 9.17) is 5.73 Å². The molecule has 0 aliphatic carbocycles. The molecule has 110 valence electrons. The number of nitrogen functional groups attached to an aromatic ring is 1. The summed E-state index contributed by atoms with van der Waals surface area (Å²) in [7, 11) is 1.87. The Morgan fingerprint density at radius 2 is 2.11 bits per heavy atom. The quantitative estimate of drug-likeness (QED) is 0.708. The van der Waals surface area contributed by atoms with Crippen LogP contribution in [0.2, 0.25) is 0 Å². The minimum absolute atomic E-state index is 0.455. The fraction of sp³-hybridized carbons (Fsp3) is 0.786. The van der Waals surface area contributed by atoms with Crippen LogP contribution in [0.3, 0.4) is 0 Å². The molecule has 1 rings (SSSR count). The number of aromatic nitrogens is 2. The fourth-order valence-corrected chi connectivity index (χ4v) is 2.45. The summed E-state index contributed by atoms with van der Waals surface area (Å²) in [5, 5.41) is 17.9. The lowest BCUT2D eigenvalue weighted by Gasteiger charge is -2.26. The summed E-state index contributed by atoms with van der Waals surface area (Å²) in [6, 6.07) is 0. The van der Waals surface area contributed by atoms with Crippen LogP contribution in [0, 0.1) is 5.92 Å². The van der Waals surface area contributed by atoms with E-state index in [1.165, 1.54) is 0 Å². The zero-order valence-corrected chi connectivity index (χ0v) is 12.8. The molecule has 0 bridgehead atoms. The molecule has 5 nitrogen and oxygen atoms in total. The van der Waals surface area contributed by atoms with Gasteiger partial charge in [0.15, 0.2) is 0 Å². The normalized spacial score (nSPS) is 14.7. The van der Waals surface area contributed by atoms with E-state index in [9.17, 15) is 5.11 Å². The summed E-state index contributed by atoms with van der Waals surface area (Å²) in [6.45, 7) is 8.63.